The summed E-state index contributed by atoms with van der Waals surface area (Å²) in [5.41, 5.74) is 16.2. The van der Waals surface area contributed by atoms with Crippen LogP contribution in [0.15, 0.2) is 6.07 Å². The number of benzene rings is 1. The molecule has 16 heavy (non-hydrogen) atoms. The van der Waals surface area contributed by atoms with Crippen molar-refractivity contribution in [1.82, 2.24) is 0 Å². The molecule has 0 aliphatic heterocycles. The average molecular weight is 222 g/mol. The largest absolute Gasteiger partial charge is 0.493 e. The fourth-order valence-electron chi connectivity index (χ4n) is 1.97. The second kappa shape index (κ2) is 5.32. The molecule has 1 rings (SSSR count). The second-order valence-corrected chi connectivity index (χ2v) is 4.14. The van der Waals surface area contributed by atoms with Crippen LogP contribution in [-0.4, -0.2) is 13.2 Å². The van der Waals surface area contributed by atoms with Gasteiger partial charge in [0.05, 0.1) is 6.61 Å². The Hall–Kier alpha value is -1.06. The van der Waals surface area contributed by atoms with Crippen molar-refractivity contribution in [3.05, 3.63) is 28.3 Å². The Morgan fingerprint density at radius 2 is 1.88 bits per heavy atom. The third kappa shape index (κ3) is 2.36. The maximum Gasteiger partial charge on any atom is 0.125 e. The lowest BCUT2D eigenvalue weighted by atomic mass is 9.94. The fourth-order valence-corrected chi connectivity index (χ4v) is 1.97. The van der Waals surface area contributed by atoms with Crippen LogP contribution in [0.5, 0.6) is 5.75 Å². The lowest BCUT2D eigenvalue weighted by molar-refractivity contribution is 0.335. The summed E-state index contributed by atoms with van der Waals surface area (Å²) >= 11 is 0. The van der Waals surface area contributed by atoms with E-state index >= 15 is 0 Å². The number of aryl methyl sites for hydroxylation is 1. The lowest BCUT2D eigenvalue weighted by Crippen LogP contribution is -2.22. The van der Waals surface area contributed by atoms with Crippen molar-refractivity contribution < 1.29 is 4.74 Å². The molecule has 0 saturated heterocycles. The molecular formula is C13H22N2O. The molecule has 1 unspecified atom stereocenters. The van der Waals surface area contributed by atoms with E-state index in [0.29, 0.717) is 13.2 Å². The van der Waals surface area contributed by atoms with Gasteiger partial charge in [-0.2, -0.15) is 0 Å². The Morgan fingerprint density at radius 3 is 2.38 bits per heavy atom. The highest BCUT2D eigenvalue weighted by Gasteiger charge is 2.14. The zero-order chi connectivity index (χ0) is 12.3. The van der Waals surface area contributed by atoms with Gasteiger partial charge in [0.15, 0.2) is 0 Å². The van der Waals surface area contributed by atoms with Crippen molar-refractivity contribution in [2.45, 2.75) is 33.7 Å². The number of hydrogen-bond acceptors (Lipinski definition) is 3. The molecule has 3 nitrogen and oxygen atoms in total. The van der Waals surface area contributed by atoms with Crippen molar-refractivity contribution in [1.29, 1.82) is 0 Å². The van der Waals surface area contributed by atoms with Gasteiger partial charge in [-0.05, 0) is 49.9 Å². The van der Waals surface area contributed by atoms with E-state index in [2.05, 4.69) is 19.9 Å². The van der Waals surface area contributed by atoms with E-state index < -0.39 is 0 Å². The van der Waals surface area contributed by atoms with Crippen LogP contribution in [0.4, 0.5) is 0 Å². The van der Waals surface area contributed by atoms with Crippen LogP contribution in [-0.2, 0) is 0 Å². The Kier molecular flexibility index (Phi) is 4.33. The molecule has 0 aromatic heterocycles. The quantitative estimate of drug-likeness (QED) is 0.818. The van der Waals surface area contributed by atoms with Crippen molar-refractivity contribution in [3.63, 3.8) is 0 Å². The summed E-state index contributed by atoms with van der Waals surface area (Å²) in [5.74, 6) is 0.980. The summed E-state index contributed by atoms with van der Waals surface area (Å²) in [6.07, 6.45) is 0. The summed E-state index contributed by atoms with van der Waals surface area (Å²) in [6, 6.07) is 2.00. The van der Waals surface area contributed by atoms with Crippen LogP contribution in [0.1, 0.15) is 35.2 Å². The van der Waals surface area contributed by atoms with Crippen LogP contribution in [0.2, 0.25) is 0 Å². The van der Waals surface area contributed by atoms with Gasteiger partial charge in [0, 0.05) is 12.6 Å². The third-order valence-corrected chi connectivity index (χ3v) is 3.01. The van der Waals surface area contributed by atoms with Crippen LogP contribution < -0.4 is 16.2 Å². The van der Waals surface area contributed by atoms with Crippen molar-refractivity contribution in [2.75, 3.05) is 13.2 Å². The Labute approximate surface area is 97.8 Å². The molecule has 0 fully saturated rings. The molecule has 1 aromatic carbocycles. The van der Waals surface area contributed by atoms with Crippen LogP contribution >= 0.6 is 0 Å². The molecular weight excluding hydrogens is 200 g/mol. The van der Waals surface area contributed by atoms with E-state index in [1.54, 1.807) is 0 Å². The molecule has 0 aliphatic carbocycles. The molecule has 3 heteroatoms. The minimum Gasteiger partial charge on any atom is -0.493 e. The van der Waals surface area contributed by atoms with Gasteiger partial charge in [-0.1, -0.05) is 6.07 Å². The van der Waals surface area contributed by atoms with Crippen LogP contribution in [0, 0.1) is 20.8 Å². The third-order valence-electron chi connectivity index (χ3n) is 3.01. The predicted molar refractivity (Wildman–Crippen MR) is 67.8 cm³/mol. The molecule has 90 valence electrons. The van der Waals surface area contributed by atoms with Crippen LogP contribution in [0.3, 0.4) is 0 Å². The molecule has 0 saturated carbocycles. The molecule has 4 N–H and O–H groups in total. The first kappa shape index (κ1) is 13.0. The molecule has 0 heterocycles. The van der Waals surface area contributed by atoms with E-state index in [-0.39, 0.29) is 6.04 Å². The van der Waals surface area contributed by atoms with Gasteiger partial charge in [-0.3, -0.25) is 0 Å². The first-order valence-corrected chi connectivity index (χ1v) is 5.72. The Bertz CT molecular complexity index is 375. The predicted octanol–water partition coefficient (Wildman–Crippen LogP) is 1.97. The van der Waals surface area contributed by atoms with Gasteiger partial charge in [0.2, 0.25) is 0 Å². The average Bonchev–Trinajstić information content (AvgIpc) is 2.28. The summed E-state index contributed by atoms with van der Waals surface area (Å²) in [6.45, 7) is 9.33. The molecule has 0 amide bonds. The number of ether oxygens (including phenoxy) is 1. The van der Waals surface area contributed by atoms with Crippen LogP contribution in [0.25, 0.3) is 0 Å². The monoisotopic (exact) mass is 222 g/mol. The number of nitrogens with two attached hydrogens (primary N) is 2. The van der Waals surface area contributed by atoms with Gasteiger partial charge >= 0.3 is 0 Å². The molecule has 0 spiro atoms. The Balaban J connectivity index is 3.27. The van der Waals surface area contributed by atoms with Gasteiger partial charge < -0.3 is 16.2 Å². The summed E-state index contributed by atoms with van der Waals surface area (Å²) in [7, 11) is 0. The minimum absolute atomic E-state index is 0.0897. The highest BCUT2D eigenvalue weighted by atomic mass is 16.5. The smallest absolute Gasteiger partial charge is 0.125 e. The van der Waals surface area contributed by atoms with Crippen molar-refractivity contribution in [2.24, 2.45) is 11.5 Å². The highest BCUT2D eigenvalue weighted by molar-refractivity contribution is 5.50. The zero-order valence-electron chi connectivity index (χ0n) is 10.6. The van der Waals surface area contributed by atoms with Gasteiger partial charge in [0.25, 0.3) is 0 Å². The van der Waals surface area contributed by atoms with E-state index in [4.69, 9.17) is 16.2 Å². The second-order valence-electron chi connectivity index (χ2n) is 4.14. The maximum atomic E-state index is 5.99. The SMILES string of the molecule is CCOc1c(C)cc(C(N)CN)c(C)c1C. The Morgan fingerprint density at radius 1 is 1.25 bits per heavy atom. The topological polar surface area (TPSA) is 61.3 Å². The summed E-state index contributed by atoms with van der Waals surface area (Å²) in [4.78, 5) is 0. The van der Waals surface area contributed by atoms with E-state index in [9.17, 15) is 0 Å². The van der Waals surface area contributed by atoms with E-state index in [1.165, 1.54) is 11.1 Å². The van der Waals surface area contributed by atoms with Gasteiger partial charge in [-0.25, -0.2) is 0 Å². The molecule has 0 radical (unpaired) electrons. The summed E-state index contributed by atoms with van der Waals surface area (Å²) < 4.78 is 5.64. The van der Waals surface area contributed by atoms with Gasteiger partial charge in [-0.15, -0.1) is 0 Å². The van der Waals surface area contributed by atoms with E-state index in [0.717, 1.165) is 16.9 Å². The number of rotatable bonds is 4. The van der Waals surface area contributed by atoms with Crippen molar-refractivity contribution in [3.8, 4) is 5.75 Å². The number of hydrogen-bond donors (Lipinski definition) is 2. The molecule has 1 aromatic rings. The summed E-state index contributed by atoms with van der Waals surface area (Å²) in [5, 5.41) is 0. The fraction of sp³-hybridized carbons (Fsp3) is 0.538. The molecule has 1 atom stereocenters. The first-order chi connectivity index (χ1) is 7.52. The van der Waals surface area contributed by atoms with Crippen molar-refractivity contribution >= 4 is 0 Å². The molecule has 0 aliphatic rings. The standard InChI is InChI=1S/C13H22N2O/c1-5-16-13-8(2)6-11(12(15)7-14)9(3)10(13)4/h6,12H,5,7,14-15H2,1-4H3. The minimum atomic E-state index is -0.0897. The van der Waals surface area contributed by atoms with Gasteiger partial charge in [0.1, 0.15) is 5.75 Å². The van der Waals surface area contributed by atoms with E-state index in [1.807, 2.05) is 13.8 Å². The zero-order valence-corrected chi connectivity index (χ0v) is 10.6. The lowest BCUT2D eigenvalue weighted by Gasteiger charge is -2.19. The first-order valence-electron chi connectivity index (χ1n) is 5.72. The highest BCUT2D eigenvalue weighted by Crippen LogP contribution is 2.30. The maximum absolute atomic E-state index is 5.99. The molecule has 0 bridgehead atoms. The normalized spacial score (nSPS) is 12.6.